The predicted molar refractivity (Wildman–Crippen MR) is 106 cm³/mol. The Balaban J connectivity index is 2.37. The molecule has 2 aromatic carbocycles. The number of benzene rings is 2. The lowest BCUT2D eigenvalue weighted by molar-refractivity contribution is -0.385. The molecule has 0 saturated heterocycles. The molecule has 0 bridgehead atoms. The summed E-state index contributed by atoms with van der Waals surface area (Å²) in [6.07, 6.45) is 0.872. The molecule has 1 amide bonds. The molecular weight excluding hydrogens is 404 g/mol. The summed E-state index contributed by atoms with van der Waals surface area (Å²) in [6, 6.07) is 7.80. The lowest BCUT2D eigenvalue weighted by Gasteiger charge is -2.23. The van der Waals surface area contributed by atoms with Crippen LogP contribution in [0.15, 0.2) is 36.4 Å². The third-order valence-corrected chi connectivity index (χ3v) is 5.26. The van der Waals surface area contributed by atoms with Gasteiger partial charge in [0.1, 0.15) is 6.54 Å². The van der Waals surface area contributed by atoms with Gasteiger partial charge >= 0.3 is 0 Å². The number of nitro groups is 2. The summed E-state index contributed by atoms with van der Waals surface area (Å²) < 4.78 is 25.2. The third kappa shape index (κ3) is 5.04. The van der Waals surface area contributed by atoms with Crippen molar-refractivity contribution in [2.24, 2.45) is 0 Å². The molecule has 2 rings (SSSR count). The highest BCUT2D eigenvalue weighted by atomic mass is 32.2. The molecule has 0 fully saturated rings. The average molecular weight is 422 g/mol. The fourth-order valence-electron chi connectivity index (χ4n) is 2.64. The van der Waals surface area contributed by atoms with Crippen molar-refractivity contribution in [3.05, 3.63) is 67.8 Å². The van der Waals surface area contributed by atoms with E-state index in [0.29, 0.717) is 5.56 Å². The summed E-state index contributed by atoms with van der Waals surface area (Å²) >= 11 is 0. The maximum absolute atomic E-state index is 12.5. The zero-order valence-corrected chi connectivity index (χ0v) is 16.6. The topological polar surface area (TPSA) is 153 Å². The molecule has 0 unspecified atom stereocenters. The van der Waals surface area contributed by atoms with E-state index in [0.717, 1.165) is 16.6 Å². The molecule has 2 aromatic rings. The first-order valence-corrected chi connectivity index (χ1v) is 10.0. The van der Waals surface area contributed by atoms with Crippen molar-refractivity contribution >= 4 is 38.7 Å². The second kappa shape index (κ2) is 8.22. The Kier molecular flexibility index (Phi) is 6.17. The molecule has 11 nitrogen and oxygen atoms in total. The largest absolute Gasteiger partial charge is 0.324 e. The lowest BCUT2D eigenvalue weighted by Crippen LogP contribution is -2.38. The fourth-order valence-corrected chi connectivity index (χ4v) is 3.55. The average Bonchev–Trinajstić information content (AvgIpc) is 2.60. The van der Waals surface area contributed by atoms with Gasteiger partial charge in [-0.25, -0.2) is 8.42 Å². The fraction of sp³-hybridized carbons (Fsp3) is 0.235. The highest BCUT2D eigenvalue weighted by molar-refractivity contribution is 7.92. The van der Waals surface area contributed by atoms with Crippen molar-refractivity contribution in [2.45, 2.75) is 13.8 Å². The highest BCUT2D eigenvalue weighted by Gasteiger charge is 2.26. The first-order chi connectivity index (χ1) is 13.4. The van der Waals surface area contributed by atoms with E-state index in [1.165, 1.54) is 37.3 Å². The van der Waals surface area contributed by atoms with E-state index in [-0.39, 0.29) is 28.3 Å². The smallest absolute Gasteiger partial charge is 0.274 e. The van der Waals surface area contributed by atoms with E-state index in [1.54, 1.807) is 6.92 Å². The maximum atomic E-state index is 12.5. The van der Waals surface area contributed by atoms with Crippen LogP contribution in [0, 0.1) is 34.1 Å². The van der Waals surface area contributed by atoms with Gasteiger partial charge in [0, 0.05) is 18.2 Å². The van der Waals surface area contributed by atoms with Crippen LogP contribution in [-0.2, 0) is 14.8 Å². The molecule has 0 aliphatic carbocycles. The number of aryl methyl sites for hydroxylation is 1. The number of sulfonamides is 1. The van der Waals surface area contributed by atoms with Gasteiger partial charge in [-0.05, 0) is 25.5 Å². The van der Waals surface area contributed by atoms with Crippen LogP contribution in [0.2, 0.25) is 0 Å². The second-order valence-electron chi connectivity index (χ2n) is 6.25. The molecule has 0 radical (unpaired) electrons. The summed E-state index contributed by atoms with van der Waals surface area (Å²) in [7, 11) is -3.96. The molecule has 12 heteroatoms. The van der Waals surface area contributed by atoms with E-state index < -0.39 is 32.3 Å². The van der Waals surface area contributed by atoms with Gasteiger partial charge in [-0.3, -0.25) is 29.3 Å². The molecule has 1 N–H and O–H groups in total. The number of anilines is 2. The number of nitro benzene ring substituents is 2. The molecule has 29 heavy (non-hydrogen) atoms. The molecule has 154 valence electrons. The molecule has 0 heterocycles. The minimum atomic E-state index is -3.96. The predicted octanol–water partition coefficient (Wildman–Crippen LogP) is 2.52. The van der Waals surface area contributed by atoms with Crippen LogP contribution in [0.1, 0.15) is 11.1 Å². The van der Waals surface area contributed by atoms with E-state index in [9.17, 15) is 33.4 Å². The SMILES string of the molecule is Cc1ccc([N+](=O)[O-])cc1NC(=O)CN(c1cccc([N+](=O)[O-])c1C)S(C)(=O)=O. The first-order valence-electron chi connectivity index (χ1n) is 8.18. The zero-order chi connectivity index (χ0) is 21.9. The van der Waals surface area contributed by atoms with Crippen molar-refractivity contribution < 1.29 is 23.1 Å². The van der Waals surface area contributed by atoms with Gasteiger partial charge in [0.15, 0.2) is 0 Å². The summed E-state index contributed by atoms with van der Waals surface area (Å²) in [5.41, 5.74) is 0.260. The van der Waals surface area contributed by atoms with Crippen molar-refractivity contribution in [1.82, 2.24) is 0 Å². The Morgan fingerprint density at radius 1 is 1.10 bits per heavy atom. The van der Waals surface area contributed by atoms with Gasteiger partial charge in [0.25, 0.3) is 11.4 Å². The third-order valence-electron chi connectivity index (χ3n) is 4.14. The van der Waals surface area contributed by atoms with Gasteiger partial charge in [-0.1, -0.05) is 12.1 Å². The Morgan fingerprint density at radius 2 is 1.76 bits per heavy atom. The van der Waals surface area contributed by atoms with Crippen molar-refractivity contribution in [1.29, 1.82) is 0 Å². The van der Waals surface area contributed by atoms with E-state index in [2.05, 4.69) is 5.32 Å². The number of hydrogen-bond acceptors (Lipinski definition) is 7. The van der Waals surface area contributed by atoms with Crippen LogP contribution in [-0.4, -0.2) is 37.0 Å². The van der Waals surface area contributed by atoms with Crippen LogP contribution in [0.4, 0.5) is 22.7 Å². The number of nitrogens with zero attached hydrogens (tertiary/aromatic N) is 3. The summed E-state index contributed by atoms with van der Waals surface area (Å²) in [5.74, 6) is -0.759. The Labute approximate surface area is 166 Å². The van der Waals surface area contributed by atoms with Gasteiger partial charge in [0.05, 0.1) is 33.0 Å². The molecule has 0 aliphatic rings. The van der Waals surface area contributed by atoms with Gasteiger partial charge in [0.2, 0.25) is 15.9 Å². The quantitative estimate of drug-likeness (QED) is 0.531. The van der Waals surface area contributed by atoms with Crippen molar-refractivity contribution in [3.8, 4) is 0 Å². The first kappa shape index (κ1) is 21.8. The maximum Gasteiger partial charge on any atom is 0.274 e. The second-order valence-corrected chi connectivity index (χ2v) is 8.16. The van der Waals surface area contributed by atoms with E-state index in [4.69, 9.17) is 0 Å². The molecule has 0 spiro atoms. The monoisotopic (exact) mass is 422 g/mol. The number of carbonyl (C=O) groups is 1. The normalized spacial score (nSPS) is 11.0. The van der Waals surface area contributed by atoms with Crippen molar-refractivity contribution in [3.63, 3.8) is 0 Å². The highest BCUT2D eigenvalue weighted by Crippen LogP contribution is 2.30. The number of nitrogens with one attached hydrogen (secondary N) is 1. The Morgan fingerprint density at radius 3 is 2.31 bits per heavy atom. The summed E-state index contributed by atoms with van der Waals surface area (Å²) in [5, 5.41) is 24.5. The van der Waals surface area contributed by atoms with Crippen LogP contribution in [0.5, 0.6) is 0 Å². The minimum absolute atomic E-state index is 0.00684. The Bertz CT molecular complexity index is 1100. The molecule has 0 aliphatic heterocycles. The van der Waals surface area contributed by atoms with Crippen molar-refractivity contribution in [2.75, 3.05) is 22.4 Å². The molecule has 0 saturated carbocycles. The molecule has 0 aromatic heterocycles. The van der Waals surface area contributed by atoms with E-state index in [1.807, 2.05) is 0 Å². The number of amides is 1. The van der Waals surface area contributed by atoms with Crippen LogP contribution in [0.3, 0.4) is 0 Å². The zero-order valence-electron chi connectivity index (χ0n) is 15.8. The lowest BCUT2D eigenvalue weighted by atomic mass is 10.1. The van der Waals surface area contributed by atoms with Gasteiger partial charge in [-0.15, -0.1) is 0 Å². The molecule has 0 atom stereocenters. The number of non-ortho nitro benzene ring substituents is 1. The number of hydrogen-bond donors (Lipinski definition) is 1. The van der Waals surface area contributed by atoms with Crippen LogP contribution >= 0.6 is 0 Å². The summed E-state index contributed by atoms with van der Waals surface area (Å²) in [4.78, 5) is 33.3. The number of carbonyl (C=O) groups excluding carboxylic acids is 1. The summed E-state index contributed by atoms with van der Waals surface area (Å²) in [6.45, 7) is 2.34. The van der Waals surface area contributed by atoms with Gasteiger partial charge < -0.3 is 5.32 Å². The van der Waals surface area contributed by atoms with Crippen LogP contribution in [0.25, 0.3) is 0 Å². The van der Waals surface area contributed by atoms with Crippen LogP contribution < -0.4 is 9.62 Å². The molecular formula is C17H18N4O7S. The minimum Gasteiger partial charge on any atom is -0.324 e. The Hall–Kier alpha value is -3.54. The standard InChI is InChI=1S/C17H18N4O7S/c1-11-7-8-13(20(23)24)9-14(11)18-17(22)10-19(29(3,27)28)15-5-4-6-16(12(15)2)21(25)26/h4-9H,10H2,1-3H3,(H,18,22). The van der Waals surface area contributed by atoms with Gasteiger partial charge in [-0.2, -0.15) is 0 Å². The van der Waals surface area contributed by atoms with E-state index >= 15 is 0 Å². The number of rotatable bonds is 7.